The number of urea groups is 1. The van der Waals surface area contributed by atoms with E-state index in [1.165, 1.54) is 17.0 Å². The number of carbonyl (C=O) groups is 2. The molecular weight excluding hydrogens is 499 g/mol. The van der Waals surface area contributed by atoms with E-state index in [4.69, 9.17) is 4.74 Å². The van der Waals surface area contributed by atoms with Crippen molar-refractivity contribution in [2.45, 2.75) is 26.0 Å². The third kappa shape index (κ3) is 6.80. The Morgan fingerprint density at radius 2 is 1.90 bits per heavy atom. The van der Waals surface area contributed by atoms with E-state index in [1.54, 1.807) is 43.3 Å². The fourth-order valence-electron chi connectivity index (χ4n) is 4.31. The van der Waals surface area contributed by atoms with Gasteiger partial charge in [-0.3, -0.25) is 4.79 Å². The van der Waals surface area contributed by atoms with E-state index in [-0.39, 0.29) is 42.1 Å². The molecule has 39 heavy (non-hydrogen) atoms. The number of fused-ring (bicyclic) bond motifs is 1. The SMILES string of the molecule is C[C@H]1CN([C@@H](C)CO)C(=O)c2cc(/C=C/c3ccccc3)cnc2O[C@@H]1CN(C)C(=O)Nc1ccccc1F. The molecule has 0 unspecified atom stereocenters. The van der Waals surface area contributed by atoms with Crippen molar-refractivity contribution >= 4 is 29.8 Å². The van der Waals surface area contributed by atoms with Crippen molar-refractivity contribution < 1.29 is 23.8 Å². The first kappa shape index (κ1) is 27.8. The summed E-state index contributed by atoms with van der Waals surface area (Å²) in [7, 11) is 1.59. The number of aliphatic hydroxyl groups excluding tert-OH is 1. The quantitative estimate of drug-likeness (QED) is 0.457. The van der Waals surface area contributed by atoms with E-state index in [0.29, 0.717) is 6.54 Å². The number of para-hydroxylation sites is 1. The molecule has 3 atom stereocenters. The molecule has 0 saturated heterocycles. The van der Waals surface area contributed by atoms with Crippen molar-refractivity contribution in [2.24, 2.45) is 5.92 Å². The summed E-state index contributed by atoms with van der Waals surface area (Å²) in [6.07, 6.45) is 4.90. The number of hydrogen-bond acceptors (Lipinski definition) is 5. The summed E-state index contributed by atoms with van der Waals surface area (Å²) >= 11 is 0. The lowest BCUT2D eigenvalue weighted by atomic mass is 10.00. The monoisotopic (exact) mass is 532 g/mol. The Balaban J connectivity index is 1.59. The Labute approximate surface area is 227 Å². The van der Waals surface area contributed by atoms with E-state index in [1.807, 2.05) is 49.4 Å². The minimum Gasteiger partial charge on any atom is -0.472 e. The number of pyridine rings is 1. The van der Waals surface area contributed by atoms with Crippen LogP contribution >= 0.6 is 0 Å². The van der Waals surface area contributed by atoms with Crippen molar-refractivity contribution in [2.75, 3.05) is 32.1 Å². The van der Waals surface area contributed by atoms with Crippen LogP contribution in [-0.4, -0.2) is 70.7 Å². The largest absolute Gasteiger partial charge is 0.472 e. The van der Waals surface area contributed by atoms with Gasteiger partial charge in [-0.25, -0.2) is 14.2 Å². The van der Waals surface area contributed by atoms with Crippen LogP contribution in [0.25, 0.3) is 12.2 Å². The summed E-state index contributed by atoms with van der Waals surface area (Å²) in [6, 6.07) is 16.5. The number of amides is 3. The van der Waals surface area contributed by atoms with Crippen molar-refractivity contribution in [3.05, 3.63) is 89.4 Å². The smallest absolute Gasteiger partial charge is 0.321 e. The van der Waals surface area contributed by atoms with Crippen LogP contribution in [0.15, 0.2) is 66.9 Å². The third-order valence-electron chi connectivity index (χ3n) is 6.73. The number of aliphatic hydroxyl groups is 1. The lowest BCUT2D eigenvalue weighted by Gasteiger charge is -2.37. The van der Waals surface area contributed by atoms with Crippen molar-refractivity contribution in [1.29, 1.82) is 0 Å². The van der Waals surface area contributed by atoms with Crippen LogP contribution in [0.1, 0.15) is 35.3 Å². The number of rotatable bonds is 7. The Morgan fingerprint density at radius 3 is 2.62 bits per heavy atom. The van der Waals surface area contributed by atoms with Crippen LogP contribution in [0, 0.1) is 11.7 Å². The molecule has 0 aliphatic carbocycles. The molecular formula is C30H33FN4O4. The minimum atomic E-state index is -0.530. The molecule has 0 fully saturated rings. The lowest BCUT2D eigenvalue weighted by molar-refractivity contribution is 0.0356. The van der Waals surface area contributed by atoms with E-state index in [2.05, 4.69) is 10.3 Å². The first-order valence-corrected chi connectivity index (χ1v) is 12.8. The maximum absolute atomic E-state index is 14.0. The fourth-order valence-corrected chi connectivity index (χ4v) is 4.31. The lowest BCUT2D eigenvalue weighted by Crippen LogP contribution is -2.50. The number of nitrogens with zero attached hydrogens (tertiary/aromatic N) is 3. The molecule has 3 aromatic rings. The summed E-state index contributed by atoms with van der Waals surface area (Å²) in [6.45, 7) is 3.96. The summed E-state index contributed by atoms with van der Waals surface area (Å²) in [5.74, 6) is -0.868. The highest BCUT2D eigenvalue weighted by Crippen LogP contribution is 2.28. The molecule has 1 aromatic heterocycles. The van der Waals surface area contributed by atoms with Crippen LogP contribution in [0.3, 0.4) is 0 Å². The molecule has 1 aliphatic rings. The van der Waals surface area contributed by atoms with Crippen LogP contribution in [0.2, 0.25) is 0 Å². The molecule has 0 spiro atoms. The van der Waals surface area contributed by atoms with Gasteiger partial charge < -0.3 is 25.0 Å². The highest BCUT2D eigenvalue weighted by Gasteiger charge is 2.34. The van der Waals surface area contributed by atoms with Gasteiger partial charge >= 0.3 is 6.03 Å². The summed E-state index contributed by atoms with van der Waals surface area (Å²) in [5, 5.41) is 12.4. The topological polar surface area (TPSA) is 95.0 Å². The second-order valence-corrected chi connectivity index (χ2v) is 9.78. The Hall–Kier alpha value is -4.24. The number of anilines is 1. The number of hydrogen-bond donors (Lipinski definition) is 2. The molecule has 2 N–H and O–H groups in total. The summed E-state index contributed by atoms with van der Waals surface area (Å²) in [5.41, 5.74) is 2.09. The van der Waals surface area contributed by atoms with Crippen LogP contribution in [0.4, 0.5) is 14.9 Å². The van der Waals surface area contributed by atoms with Gasteiger partial charge in [0.25, 0.3) is 5.91 Å². The fraction of sp³-hybridized carbons (Fsp3) is 0.300. The minimum absolute atomic E-state index is 0.0811. The zero-order valence-corrected chi connectivity index (χ0v) is 22.3. The number of carbonyl (C=O) groups excluding carboxylic acids is 2. The van der Waals surface area contributed by atoms with E-state index < -0.39 is 24.0 Å². The first-order valence-electron chi connectivity index (χ1n) is 12.8. The first-order chi connectivity index (χ1) is 18.8. The van der Waals surface area contributed by atoms with Crippen LogP contribution in [-0.2, 0) is 0 Å². The Bertz CT molecular complexity index is 1330. The molecule has 8 nitrogen and oxygen atoms in total. The van der Waals surface area contributed by atoms with Crippen molar-refractivity contribution in [1.82, 2.24) is 14.8 Å². The summed E-state index contributed by atoms with van der Waals surface area (Å²) in [4.78, 5) is 33.9. The molecule has 0 bridgehead atoms. The third-order valence-corrected chi connectivity index (χ3v) is 6.73. The standard InChI is InChI=1S/C30H33FN4O4/c1-20-17-35(21(2)19-36)29(37)24-15-23(14-13-22-9-5-4-6-10-22)16-32-28(24)39-27(20)18-34(3)30(38)33-26-12-8-7-11-25(26)31/h4-16,20-21,27,36H,17-19H2,1-3H3,(H,33,38)/b14-13+/t20-,21-,27+/m0/s1. The maximum Gasteiger partial charge on any atom is 0.321 e. The zero-order chi connectivity index (χ0) is 27.9. The normalized spacial score (nSPS) is 18.1. The van der Waals surface area contributed by atoms with Gasteiger partial charge in [0, 0.05) is 25.7 Å². The molecule has 204 valence electrons. The second-order valence-electron chi connectivity index (χ2n) is 9.78. The Morgan fingerprint density at radius 1 is 1.21 bits per heavy atom. The number of benzene rings is 2. The molecule has 0 radical (unpaired) electrons. The van der Waals surface area contributed by atoms with Crippen molar-refractivity contribution in [3.63, 3.8) is 0 Å². The van der Waals surface area contributed by atoms with Crippen molar-refractivity contribution in [3.8, 4) is 5.88 Å². The van der Waals surface area contributed by atoms with Gasteiger partial charge in [0.15, 0.2) is 0 Å². The van der Waals surface area contributed by atoms with Gasteiger partial charge in [-0.05, 0) is 36.2 Å². The van der Waals surface area contributed by atoms with E-state index >= 15 is 0 Å². The molecule has 3 amide bonds. The highest BCUT2D eigenvalue weighted by atomic mass is 19.1. The maximum atomic E-state index is 14.0. The number of nitrogens with one attached hydrogen (secondary N) is 1. The molecule has 4 rings (SSSR count). The summed E-state index contributed by atoms with van der Waals surface area (Å²) < 4.78 is 20.3. The number of ether oxygens (including phenoxy) is 1. The van der Waals surface area contributed by atoms with Gasteiger partial charge in [-0.2, -0.15) is 0 Å². The van der Waals surface area contributed by atoms with Gasteiger partial charge in [-0.15, -0.1) is 0 Å². The zero-order valence-electron chi connectivity index (χ0n) is 22.3. The van der Waals surface area contributed by atoms with Gasteiger partial charge in [-0.1, -0.05) is 61.5 Å². The van der Waals surface area contributed by atoms with Gasteiger partial charge in [0.05, 0.1) is 24.9 Å². The van der Waals surface area contributed by atoms with Crippen LogP contribution in [0.5, 0.6) is 5.88 Å². The molecule has 2 heterocycles. The van der Waals surface area contributed by atoms with E-state index in [9.17, 15) is 19.1 Å². The van der Waals surface area contributed by atoms with Gasteiger partial charge in [0.1, 0.15) is 17.5 Å². The average Bonchev–Trinajstić information content (AvgIpc) is 2.95. The molecule has 0 saturated carbocycles. The number of halogens is 1. The molecule has 9 heteroatoms. The van der Waals surface area contributed by atoms with E-state index in [0.717, 1.165) is 11.1 Å². The molecule has 2 aromatic carbocycles. The average molecular weight is 533 g/mol. The number of likely N-dealkylation sites (N-methyl/N-ethyl adjacent to an activating group) is 1. The van der Waals surface area contributed by atoms with Gasteiger partial charge in [0.2, 0.25) is 5.88 Å². The highest BCUT2D eigenvalue weighted by molar-refractivity contribution is 5.97. The predicted molar refractivity (Wildman–Crippen MR) is 149 cm³/mol. The number of aromatic nitrogens is 1. The molecule has 1 aliphatic heterocycles. The second kappa shape index (κ2) is 12.5. The Kier molecular flexibility index (Phi) is 8.93. The predicted octanol–water partition coefficient (Wildman–Crippen LogP) is 4.78. The van der Waals surface area contributed by atoms with Crippen LogP contribution < -0.4 is 10.1 Å².